The van der Waals surface area contributed by atoms with Crippen molar-refractivity contribution >= 4 is 5.97 Å². The van der Waals surface area contributed by atoms with E-state index in [0.29, 0.717) is 0 Å². The molecule has 96 valence electrons. The third-order valence-electron chi connectivity index (χ3n) is 2.09. The predicted octanol–water partition coefficient (Wildman–Crippen LogP) is 2.37. The summed E-state index contributed by atoms with van der Waals surface area (Å²) in [6.45, 7) is 5.37. The van der Waals surface area contributed by atoms with Crippen LogP contribution in [-0.4, -0.2) is 24.2 Å². The van der Waals surface area contributed by atoms with E-state index in [1.54, 1.807) is 0 Å². The van der Waals surface area contributed by atoms with Crippen molar-refractivity contribution in [2.75, 3.05) is 0 Å². The van der Waals surface area contributed by atoms with Crippen LogP contribution in [0.3, 0.4) is 0 Å². The highest BCUT2D eigenvalue weighted by molar-refractivity contribution is 5.76. The first kappa shape index (κ1) is 15.2. The van der Waals surface area contributed by atoms with E-state index in [-0.39, 0.29) is 0 Å². The number of alkyl halides is 3. The molecule has 16 heavy (non-hydrogen) atoms. The smallest absolute Gasteiger partial charge is 0.293 e. The standard InChI is InChI=1S/C9H15F4NO2/c1-5(9(10,11)12)14-6(7(15)16-13)8(2,3)4/h5-6,14H,1-4H3. The highest BCUT2D eigenvalue weighted by atomic mass is 19.4. The van der Waals surface area contributed by atoms with Crippen molar-refractivity contribution in [3.63, 3.8) is 0 Å². The summed E-state index contributed by atoms with van der Waals surface area (Å²) in [6, 6.07) is -3.29. The average Bonchev–Trinajstić information content (AvgIpc) is 2.09. The van der Waals surface area contributed by atoms with E-state index in [1.165, 1.54) is 20.8 Å². The molecule has 0 rings (SSSR count). The second kappa shape index (κ2) is 4.99. The minimum Gasteiger partial charge on any atom is -0.293 e. The molecule has 0 saturated carbocycles. The van der Waals surface area contributed by atoms with Gasteiger partial charge >= 0.3 is 12.1 Å². The Morgan fingerprint density at radius 3 is 1.94 bits per heavy atom. The van der Waals surface area contributed by atoms with Gasteiger partial charge in [-0.1, -0.05) is 20.8 Å². The van der Waals surface area contributed by atoms with Crippen molar-refractivity contribution in [2.24, 2.45) is 5.41 Å². The molecule has 0 spiro atoms. The van der Waals surface area contributed by atoms with Crippen LogP contribution < -0.4 is 5.32 Å². The van der Waals surface area contributed by atoms with Crippen LogP contribution in [0.25, 0.3) is 0 Å². The first-order valence-electron chi connectivity index (χ1n) is 4.65. The number of halogens is 4. The molecule has 0 aliphatic heterocycles. The predicted molar refractivity (Wildman–Crippen MR) is 49.1 cm³/mol. The molecule has 0 fully saturated rings. The SMILES string of the molecule is CC(NC(C(=O)OF)C(C)(C)C)C(F)(F)F. The fraction of sp³-hybridized carbons (Fsp3) is 0.889. The van der Waals surface area contributed by atoms with Gasteiger partial charge in [-0.15, -0.1) is 0 Å². The number of rotatable bonds is 3. The summed E-state index contributed by atoms with van der Waals surface area (Å²) in [4.78, 5) is 14.0. The molecule has 0 radical (unpaired) electrons. The number of carbonyl (C=O) groups excluding carboxylic acids is 1. The Hall–Kier alpha value is -0.850. The zero-order valence-electron chi connectivity index (χ0n) is 9.48. The second-order valence-electron chi connectivity index (χ2n) is 4.63. The third-order valence-corrected chi connectivity index (χ3v) is 2.09. The summed E-state index contributed by atoms with van der Waals surface area (Å²) in [5.41, 5.74) is -0.886. The highest BCUT2D eigenvalue weighted by Gasteiger charge is 2.42. The van der Waals surface area contributed by atoms with Gasteiger partial charge in [0.15, 0.2) is 0 Å². The number of hydrogen-bond donors (Lipinski definition) is 1. The van der Waals surface area contributed by atoms with Gasteiger partial charge in [-0.05, 0) is 12.3 Å². The number of carbonyl (C=O) groups is 1. The highest BCUT2D eigenvalue weighted by Crippen LogP contribution is 2.25. The Morgan fingerprint density at radius 2 is 1.69 bits per heavy atom. The van der Waals surface area contributed by atoms with Crippen LogP contribution in [0.15, 0.2) is 0 Å². The Balaban J connectivity index is 4.77. The molecule has 0 bridgehead atoms. The molecular formula is C9H15F4NO2. The minimum atomic E-state index is -4.50. The molecule has 2 unspecified atom stereocenters. The zero-order valence-corrected chi connectivity index (χ0v) is 9.48. The van der Waals surface area contributed by atoms with Gasteiger partial charge in [0.25, 0.3) is 0 Å². The van der Waals surface area contributed by atoms with E-state index in [1.807, 2.05) is 5.32 Å². The zero-order chi connectivity index (χ0) is 13.1. The molecule has 0 amide bonds. The molecule has 0 heterocycles. The van der Waals surface area contributed by atoms with Crippen LogP contribution in [0.1, 0.15) is 27.7 Å². The van der Waals surface area contributed by atoms with Gasteiger partial charge in [0, 0.05) is 4.53 Å². The fourth-order valence-corrected chi connectivity index (χ4v) is 1.06. The molecule has 0 aromatic carbocycles. The molecule has 7 heteroatoms. The van der Waals surface area contributed by atoms with Gasteiger partial charge in [-0.25, -0.2) is 4.79 Å². The molecule has 0 saturated heterocycles. The maximum absolute atomic E-state index is 12.3. The van der Waals surface area contributed by atoms with E-state index in [0.717, 1.165) is 6.92 Å². The summed E-state index contributed by atoms with van der Waals surface area (Å²) in [7, 11) is 0. The average molecular weight is 245 g/mol. The van der Waals surface area contributed by atoms with E-state index < -0.39 is 29.6 Å². The van der Waals surface area contributed by atoms with Crippen molar-refractivity contribution in [2.45, 2.75) is 46.0 Å². The summed E-state index contributed by atoms with van der Waals surface area (Å²) >= 11 is 0. The molecule has 0 aliphatic carbocycles. The Bertz CT molecular complexity index is 247. The van der Waals surface area contributed by atoms with E-state index in [9.17, 15) is 22.5 Å². The third kappa shape index (κ3) is 4.34. The van der Waals surface area contributed by atoms with E-state index in [2.05, 4.69) is 4.94 Å². The fourth-order valence-electron chi connectivity index (χ4n) is 1.06. The first-order valence-corrected chi connectivity index (χ1v) is 4.65. The van der Waals surface area contributed by atoms with Crippen LogP contribution >= 0.6 is 0 Å². The van der Waals surface area contributed by atoms with E-state index >= 15 is 0 Å². The number of nitrogens with one attached hydrogen (secondary N) is 1. The lowest BCUT2D eigenvalue weighted by atomic mass is 9.86. The quantitative estimate of drug-likeness (QED) is 0.776. The Labute approximate surface area is 91.0 Å². The summed E-state index contributed by atoms with van der Waals surface area (Å²) in [6.07, 6.45) is -4.50. The van der Waals surface area contributed by atoms with Crippen LogP contribution in [-0.2, 0) is 9.74 Å². The first-order chi connectivity index (χ1) is 7.00. The molecule has 1 N–H and O–H groups in total. The van der Waals surface area contributed by atoms with Crippen molar-refractivity contribution in [3.8, 4) is 0 Å². The molecule has 0 aromatic rings. The summed E-state index contributed by atoms with van der Waals surface area (Å²) in [5, 5.41) is 2.01. The Morgan fingerprint density at radius 1 is 1.25 bits per heavy atom. The molecular weight excluding hydrogens is 230 g/mol. The molecule has 2 atom stereocenters. The van der Waals surface area contributed by atoms with Crippen molar-refractivity contribution in [3.05, 3.63) is 0 Å². The lowest BCUT2D eigenvalue weighted by molar-refractivity contribution is -0.193. The summed E-state index contributed by atoms with van der Waals surface area (Å²) in [5.74, 6) is -1.36. The molecule has 3 nitrogen and oxygen atoms in total. The van der Waals surface area contributed by atoms with Gasteiger partial charge in [0.2, 0.25) is 0 Å². The largest absolute Gasteiger partial charge is 0.403 e. The van der Waals surface area contributed by atoms with Crippen LogP contribution in [0.2, 0.25) is 0 Å². The monoisotopic (exact) mass is 245 g/mol. The van der Waals surface area contributed by atoms with Crippen molar-refractivity contribution < 1.29 is 27.4 Å². The van der Waals surface area contributed by atoms with Gasteiger partial charge in [0.05, 0.1) is 0 Å². The van der Waals surface area contributed by atoms with Crippen molar-refractivity contribution in [1.82, 2.24) is 5.32 Å². The lowest BCUT2D eigenvalue weighted by Crippen LogP contribution is -2.54. The summed E-state index contributed by atoms with van der Waals surface area (Å²) < 4.78 is 48.5. The Kier molecular flexibility index (Phi) is 4.72. The van der Waals surface area contributed by atoms with Crippen molar-refractivity contribution in [1.29, 1.82) is 0 Å². The van der Waals surface area contributed by atoms with Crippen LogP contribution in [0.5, 0.6) is 0 Å². The van der Waals surface area contributed by atoms with Gasteiger partial charge < -0.3 is 0 Å². The van der Waals surface area contributed by atoms with E-state index in [4.69, 9.17) is 0 Å². The lowest BCUT2D eigenvalue weighted by Gasteiger charge is -2.31. The number of hydrogen-bond acceptors (Lipinski definition) is 3. The molecule has 0 aromatic heterocycles. The topological polar surface area (TPSA) is 38.3 Å². The van der Waals surface area contributed by atoms with Crippen LogP contribution in [0, 0.1) is 5.41 Å². The van der Waals surface area contributed by atoms with Gasteiger partial charge in [0.1, 0.15) is 12.1 Å². The molecule has 0 aliphatic rings. The van der Waals surface area contributed by atoms with Crippen LogP contribution in [0.4, 0.5) is 17.7 Å². The maximum Gasteiger partial charge on any atom is 0.403 e. The van der Waals surface area contributed by atoms with Gasteiger partial charge in [-0.2, -0.15) is 13.2 Å². The normalized spacial score (nSPS) is 16.8. The maximum atomic E-state index is 12.3. The second-order valence-corrected chi connectivity index (χ2v) is 4.63. The van der Waals surface area contributed by atoms with Gasteiger partial charge in [-0.3, -0.25) is 10.3 Å². The minimum absolute atomic E-state index is 0.851.